The van der Waals surface area contributed by atoms with Gasteiger partial charge in [-0.15, -0.1) is 0 Å². The van der Waals surface area contributed by atoms with E-state index in [2.05, 4.69) is 72.0 Å². The Hall–Kier alpha value is -2.29. The number of hydrogen-bond donors (Lipinski definition) is 0. The summed E-state index contributed by atoms with van der Waals surface area (Å²) in [5, 5.41) is 0. The summed E-state index contributed by atoms with van der Waals surface area (Å²) in [7, 11) is 2.08. The Labute approximate surface area is 119 Å². The third kappa shape index (κ3) is 2.27. The number of aromatic nitrogens is 2. The first-order chi connectivity index (χ1) is 9.79. The molecule has 1 aromatic heterocycles. The summed E-state index contributed by atoms with van der Waals surface area (Å²) in [5.74, 6) is 1.03. The molecule has 3 rings (SSSR count). The Morgan fingerprint density at radius 2 is 1.70 bits per heavy atom. The first-order valence-electron chi connectivity index (χ1n) is 7.00. The zero-order valence-corrected chi connectivity index (χ0v) is 12.0. The van der Waals surface area contributed by atoms with Crippen molar-refractivity contribution in [1.82, 2.24) is 9.55 Å². The van der Waals surface area contributed by atoms with Gasteiger partial charge in [0.1, 0.15) is 0 Å². The minimum Gasteiger partial charge on any atom is -0.338 e. The molecule has 3 nitrogen and oxygen atoms in total. The van der Waals surface area contributed by atoms with E-state index in [-0.39, 0.29) is 0 Å². The van der Waals surface area contributed by atoms with Gasteiger partial charge in [-0.1, -0.05) is 42.5 Å². The van der Waals surface area contributed by atoms with Gasteiger partial charge < -0.3 is 9.47 Å². The number of imidazole rings is 1. The molecule has 0 unspecified atom stereocenters. The lowest BCUT2D eigenvalue weighted by Gasteiger charge is -2.22. The Morgan fingerprint density at radius 3 is 2.40 bits per heavy atom. The zero-order valence-electron chi connectivity index (χ0n) is 12.0. The molecule has 3 heteroatoms. The van der Waals surface area contributed by atoms with Crippen LogP contribution in [-0.4, -0.2) is 16.1 Å². The number of benzene rings is 2. The van der Waals surface area contributed by atoms with Crippen LogP contribution in [0.25, 0.3) is 11.0 Å². The molecule has 20 heavy (non-hydrogen) atoms. The van der Waals surface area contributed by atoms with Crippen LogP contribution in [0.3, 0.4) is 0 Å². The third-order valence-corrected chi connectivity index (χ3v) is 3.64. The molecule has 0 aliphatic carbocycles. The molecule has 0 fully saturated rings. The Balaban J connectivity index is 1.97. The lowest BCUT2D eigenvalue weighted by atomic mass is 10.2. The average Bonchev–Trinajstić information content (AvgIpc) is 2.83. The number of para-hydroxylation sites is 2. The summed E-state index contributed by atoms with van der Waals surface area (Å²) in [6.45, 7) is 3.99. The van der Waals surface area contributed by atoms with E-state index in [1.54, 1.807) is 0 Å². The van der Waals surface area contributed by atoms with Crippen LogP contribution in [-0.2, 0) is 13.6 Å². The second-order valence-electron chi connectivity index (χ2n) is 4.96. The monoisotopic (exact) mass is 265 g/mol. The SMILES string of the molecule is CCN(Cc1ccccc1)c1nc2ccccc2n1C. The predicted molar refractivity (Wildman–Crippen MR) is 83.9 cm³/mol. The van der Waals surface area contributed by atoms with Crippen molar-refractivity contribution in [3.63, 3.8) is 0 Å². The highest BCUT2D eigenvalue weighted by Gasteiger charge is 2.13. The molecule has 102 valence electrons. The summed E-state index contributed by atoms with van der Waals surface area (Å²) >= 11 is 0. The molecule has 0 saturated carbocycles. The summed E-state index contributed by atoms with van der Waals surface area (Å²) in [6, 6.07) is 18.8. The standard InChI is InChI=1S/C17H19N3/c1-3-20(13-14-9-5-4-6-10-14)17-18-15-11-7-8-12-16(15)19(17)2/h4-12H,3,13H2,1-2H3. The first-order valence-corrected chi connectivity index (χ1v) is 7.00. The normalized spacial score (nSPS) is 10.9. The van der Waals surface area contributed by atoms with Crippen LogP contribution in [0.2, 0.25) is 0 Å². The molecule has 0 aliphatic rings. The minimum absolute atomic E-state index is 0.883. The van der Waals surface area contributed by atoms with Gasteiger partial charge in [0.15, 0.2) is 0 Å². The number of nitrogens with zero attached hydrogens (tertiary/aromatic N) is 3. The van der Waals surface area contributed by atoms with E-state index in [1.807, 2.05) is 6.07 Å². The molecular weight excluding hydrogens is 246 g/mol. The Morgan fingerprint density at radius 1 is 1.00 bits per heavy atom. The van der Waals surface area contributed by atoms with Gasteiger partial charge >= 0.3 is 0 Å². The molecule has 0 atom stereocenters. The summed E-state index contributed by atoms with van der Waals surface area (Å²) in [5.41, 5.74) is 3.53. The smallest absolute Gasteiger partial charge is 0.206 e. The van der Waals surface area contributed by atoms with E-state index in [0.29, 0.717) is 0 Å². The molecule has 1 heterocycles. The zero-order chi connectivity index (χ0) is 13.9. The van der Waals surface area contributed by atoms with Crippen LogP contribution in [0.5, 0.6) is 0 Å². The highest BCUT2D eigenvalue weighted by molar-refractivity contribution is 5.78. The fourth-order valence-electron chi connectivity index (χ4n) is 2.54. The second-order valence-corrected chi connectivity index (χ2v) is 4.96. The molecule has 0 saturated heterocycles. The predicted octanol–water partition coefficient (Wildman–Crippen LogP) is 3.60. The molecule has 0 aliphatic heterocycles. The highest BCUT2D eigenvalue weighted by Crippen LogP contribution is 2.22. The highest BCUT2D eigenvalue weighted by atomic mass is 15.3. The van der Waals surface area contributed by atoms with Crippen LogP contribution < -0.4 is 4.90 Å². The van der Waals surface area contributed by atoms with Crippen molar-refractivity contribution in [2.45, 2.75) is 13.5 Å². The summed E-state index contributed by atoms with van der Waals surface area (Å²) < 4.78 is 2.17. The number of rotatable bonds is 4. The van der Waals surface area contributed by atoms with E-state index < -0.39 is 0 Å². The molecule has 0 amide bonds. The average molecular weight is 265 g/mol. The molecule has 0 bridgehead atoms. The number of fused-ring (bicyclic) bond motifs is 1. The second kappa shape index (κ2) is 5.37. The van der Waals surface area contributed by atoms with Crippen molar-refractivity contribution < 1.29 is 0 Å². The Kier molecular flexibility index (Phi) is 3.42. The van der Waals surface area contributed by atoms with Gasteiger partial charge in [0.25, 0.3) is 0 Å². The van der Waals surface area contributed by atoms with E-state index in [4.69, 9.17) is 4.98 Å². The van der Waals surface area contributed by atoms with E-state index in [9.17, 15) is 0 Å². The minimum atomic E-state index is 0.883. The largest absolute Gasteiger partial charge is 0.338 e. The lowest BCUT2D eigenvalue weighted by molar-refractivity contribution is 0.762. The van der Waals surface area contributed by atoms with Gasteiger partial charge in [0.05, 0.1) is 11.0 Å². The maximum atomic E-state index is 4.77. The quantitative estimate of drug-likeness (QED) is 0.718. The van der Waals surface area contributed by atoms with Gasteiger partial charge in [-0.2, -0.15) is 0 Å². The van der Waals surface area contributed by atoms with Crippen molar-refractivity contribution >= 4 is 17.0 Å². The van der Waals surface area contributed by atoms with Gasteiger partial charge in [0, 0.05) is 20.1 Å². The van der Waals surface area contributed by atoms with E-state index in [0.717, 1.165) is 24.6 Å². The van der Waals surface area contributed by atoms with Crippen molar-refractivity contribution in [2.24, 2.45) is 7.05 Å². The van der Waals surface area contributed by atoms with Crippen LogP contribution >= 0.6 is 0 Å². The molecule has 0 N–H and O–H groups in total. The maximum absolute atomic E-state index is 4.77. The molecular formula is C17H19N3. The van der Waals surface area contributed by atoms with Crippen molar-refractivity contribution in [1.29, 1.82) is 0 Å². The lowest BCUT2D eigenvalue weighted by Crippen LogP contribution is -2.24. The van der Waals surface area contributed by atoms with Crippen molar-refractivity contribution in [3.05, 3.63) is 60.2 Å². The van der Waals surface area contributed by atoms with Gasteiger partial charge in [0.2, 0.25) is 5.95 Å². The van der Waals surface area contributed by atoms with Crippen molar-refractivity contribution in [2.75, 3.05) is 11.4 Å². The van der Waals surface area contributed by atoms with Crippen LogP contribution in [0.15, 0.2) is 54.6 Å². The summed E-state index contributed by atoms with van der Waals surface area (Å²) in [4.78, 5) is 7.07. The first kappa shape index (κ1) is 12.7. The van der Waals surface area contributed by atoms with Crippen LogP contribution in [0, 0.1) is 0 Å². The molecule has 0 radical (unpaired) electrons. The van der Waals surface area contributed by atoms with Gasteiger partial charge in [-0.05, 0) is 24.6 Å². The van der Waals surface area contributed by atoms with E-state index >= 15 is 0 Å². The number of aryl methyl sites for hydroxylation is 1. The van der Waals surface area contributed by atoms with Gasteiger partial charge in [-0.25, -0.2) is 4.98 Å². The molecule has 3 aromatic rings. The van der Waals surface area contributed by atoms with Gasteiger partial charge in [-0.3, -0.25) is 0 Å². The topological polar surface area (TPSA) is 21.1 Å². The van der Waals surface area contributed by atoms with Crippen molar-refractivity contribution in [3.8, 4) is 0 Å². The van der Waals surface area contributed by atoms with E-state index in [1.165, 1.54) is 11.1 Å². The fourth-order valence-corrected chi connectivity index (χ4v) is 2.54. The fraction of sp³-hybridized carbons (Fsp3) is 0.235. The summed E-state index contributed by atoms with van der Waals surface area (Å²) in [6.07, 6.45) is 0. The third-order valence-electron chi connectivity index (χ3n) is 3.64. The molecule has 2 aromatic carbocycles. The Bertz CT molecular complexity index is 701. The number of anilines is 1. The van der Waals surface area contributed by atoms with Crippen LogP contribution in [0.1, 0.15) is 12.5 Å². The van der Waals surface area contributed by atoms with Crippen LogP contribution in [0.4, 0.5) is 5.95 Å². The maximum Gasteiger partial charge on any atom is 0.206 e. The number of hydrogen-bond acceptors (Lipinski definition) is 2. The molecule has 0 spiro atoms.